The van der Waals surface area contributed by atoms with Crippen molar-refractivity contribution in [3.05, 3.63) is 83.1 Å². The first-order valence-corrected chi connectivity index (χ1v) is 12.2. The Morgan fingerprint density at radius 3 is 2.54 bits per heavy atom. The number of allylic oxidation sites excluding steroid dienone is 1. The number of amides is 1. The van der Waals surface area contributed by atoms with Crippen LogP contribution >= 0.6 is 11.3 Å². The molecule has 1 N–H and O–H groups in total. The zero-order valence-corrected chi connectivity index (χ0v) is 21.2. The molecule has 1 amide bonds. The normalized spacial score (nSPS) is 11.9. The Bertz CT molecular complexity index is 1610. The number of aryl methyl sites for hydroxylation is 3. The minimum absolute atomic E-state index is 0.232. The molecule has 0 saturated heterocycles. The van der Waals surface area contributed by atoms with Crippen LogP contribution in [-0.4, -0.2) is 18.0 Å². The van der Waals surface area contributed by atoms with Gasteiger partial charge in [0.05, 0.1) is 23.6 Å². The summed E-state index contributed by atoms with van der Waals surface area (Å²) in [5.41, 5.74) is 8.65. The molecule has 35 heavy (non-hydrogen) atoms. The molecule has 5 rings (SSSR count). The quantitative estimate of drug-likeness (QED) is 0.261. The fraction of sp³-hybridized carbons (Fsp3) is 0.172. The van der Waals surface area contributed by atoms with Gasteiger partial charge in [0.15, 0.2) is 5.13 Å². The summed E-state index contributed by atoms with van der Waals surface area (Å²) >= 11 is 1.47. The molecule has 3 aromatic carbocycles. The van der Waals surface area contributed by atoms with Crippen molar-refractivity contribution >= 4 is 49.1 Å². The molecule has 2 heterocycles. The van der Waals surface area contributed by atoms with Gasteiger partial charge in [0, 0.05) is 28.2 Å². The zero-order chi connectivity index (χ0) is 24.7. The third-order valence-electron chi connectivity index (χ3n) is 6.16. The molecule has 0 radical (unpaired) electrons. The van der Waals surface area contributed by atoms with E-state index in [0.717, 1.165) is 54.6 Å². The highest BCUT2D eigenvalue weighted by Crippen LogP contribution is 2.40. The van der Waals surface area contributed by atoms with Crippen LogP contribution < -0.4 is 10.1 Å². The lowest BCUT2D eigenvalue weighted by atomic mass is 9.96. The molecular formula is C29H26N2O3S. The molecule has 0 atom stereocenters. The number of nitrogens with one attached hydrogen (secondary N) is 1. The zero-order valence-electron chi connectivity index (χ0n) is 20.4. The maximum Gasteiger partial charge on any atom is 0.250 e. The number of nitrogens with zero attached hydrogens (tertiary/aromatic N) is 1. The van der Waals surface area contributed by atoms with E-state index in [4.69, 9.17) is 9.15 Å². The first-order valence-electron chi connectivity index (χ1n) is 11.4. The summed E-state index contributed by atoms with van der Waals surface area (Å²) in [6.45, 7) is 8.00. The highest BCUT2D eigenvalue weighted by atomic mass is 32.1. The largest absolute Gasteiger partial charge is 0.496 e. The summed E-state index contributed by atoms with van der Waals surface area (Å²) < 4.78 is 12.7. The van der Waals surface area contributed by atoms with E-state index >= 15 is 0 Å². The lowest BCUT2D eigenvalue weighted by Crippen LogP contribution is -2.08. The van der Waals surface area contributed by atoms with Crippen molar-refractivity contribution in [2.75, 3.05) is 12.4 Å². The van der Waals surface area contributed by atoms with Crippen molar-refractivity contribution in [1.82, 2.24) is 4.98 Å². The van der Waals surface area contributed by atoms with Gasteiger partial charge in [-0.3, -0.25) is 10.1 Å². The fourth-order valence-electron chi connectivity index (χ4n) is 4.33. The summed E-state index contributed by atoms with van der Waals surface area (Å²) in [6, 6.07) is 16.5. The molecule has 0 unspecified atom stereocenters. The average molecular weight is 483 g/mol. The molecule has 0 bridgehead atoms. The van der Waals surface area contributed by atoms with Crippen LogP contribution in [0.15, 0.2) is 65.3 Å². The van der Waals surface area contributed by atoms with Crippen LogP contribution in [0.25, 0.3) is 37.9 Å². The van der Waals surface area contributed by atoms with Crippen molar-refractivity contribution in [1.29, 1.82) is 0 Å². The Kier molecular flexibility index (Phi) is 5.91. The van der Waals surface area contributed by atoms with Crippen LogP contribution in [0.5, 0.6) is 5.75 Å². The summed E-state index contributed by atoms with van der Waals surface area (Å²) in [5, 5.41) is 4.47. The van der Waals surface area contributed by atoms with Crippen LogP contribution in [0.3, 0.4) is 0 Å². The molecule has 0 spiro atoms. The van der Waals surface area contributed by atoms with Gasteiger partial charge in [-0.05, 0) is 62.6 Å². The molecule has 5 nitrogen and oxygen atoms in total. The summed E-state index contributed by atoms with van der Waals surface area (Å²) in [4.78, 5) is 17.4. The third-order valence-corrected chi connectivity index (χ3v) is 7.09. The SMILES string of the molecule is COc1c(/C(C)=C/C(=O)Nc2nc3ccc(C)cc3s2)cc2c(-c3ccc(C)cc3)coc2c1C. The lowest BCUT2D eigenvalue weighted by Gasteiger charge is -2.13. The topological polar surface area (TPSA) is 64.4 Å². The van der Waals surface area contributed by atoms with Crippen molar-refractivity contribution in [3.8, 4) is 16.9 Å². The molecular weight excluding hydrogens is 456 g/mol. The van der Waals surface area contributed by atoms with Gasteiger partial charge in [-0.1, -0.05) is 47.2 Å². The Labute approximate surface area is 208 Å². The number of aromatic nitrogens is 1. The summed E-state index contributed by atoms with van der Waals surface area (Å²) in [5.74, 6) is 0.461. The smallest absolute Gasteiger partial charge is 0.250 e. The number of benzene rings is 3. The van der Waals surface area contributed by atoms with E-state index in [9.17, 15) is 4.79 Å². The number of fused-ring (bicyclic) bond motifs is 2. The molecule has 0 aliphatic rings. The van der Waals surface area contributed by atoms with Crippen molar-refractivity contribution in [3.63, 3.8) is 0 Å². The van der Waals surface area contributed by atoms with Crippen molar-refractivity contribution in [2.45, 2.75) is 27.7 Å². The summed E-state index contributed by atoms with van der Waals surface area (Å²) in [6.07, 6.45) is 3.37. The molecule has 176 valence electrons. The third kappa shape index (κ3) is 4.33. The van der Waals surface area contributed by atoms with Crippen LogP contribution in [0.1, 0.15) is 29.2 Å². The predicted molar refractivity (Wildman–Crippen MR) is 144 cm³/mol. The maximum absolute atomic E-state index is 12.9. The Morgan fingerprint density at radius 1 is 1.06 bits per heavy atom. The van der Waals surface area contributed by atoms with E-state index in [2.05, 4.69) is 47.6 Å². The van der Waals surface area contributed by atoms with E-state index in [1.54, 1.807) is 19.4 Å². The monoisotopic (exact) mass is 482 g/mol. The lowest BCUT2D eigenvalue weighted by molar-refractivity contribution is -0.111. The van der Waals surface area contributed by atoms with Gasteiger partial charge in [-0.2, -0.15) is 0 Å². The molecule has 0 saturated carbocycles. The fourth-order valence-corrected chi connectivity index (χ4v) is 5.30. The standard InChI is InChI=1S/C29H26N2O3S/c1-16-6-9-20(10-7-16)23-15-34-28-19(4)27(33-5)21(14-22(23)28)18(3)13-26(32)31-29-30-24-11-8-17(2)12-25(24)35-29/h6-15H,1-5H3,(H,30,31,32)/b18-13+. The van der Waals surface area contributed by atoms with Crippen molar-refractivity contribution in [2.24, 2.45) is 0 Å². The van der Waals surface area contributed by atoms with Crippen LogP contribution in [0.4, 0.5) is 5.13 Å². The van der Waals surface area contributed by atoms with E-state index < -0.39 is 0 Å². The van der Waals surface area contributed by atoms with Gasteiger partial charge in [0.2, 0.25) is 5.91 Å². The van der Waals surface area contributed by atoms with E-state index in [1.807, 2.05) is 39.0 Å². The van der Waals surface area contributed by atoms with E-state index in [1.165, 1.54) is 16.9 Å². The number of carbonyl (C=O) groups excluding carboxylic acids is 1. The minimum atomic E-state index is -0.232. The average Bonchev–Trinajstić information content (AvgIpc) is 3.42. The van der Waals surface area contributed by atoms with Crippen LogP contribution in [0.2, 0.25) is 0 Å². The maximum atomic E-state index is 12.9. The summed E-state index contributed by atoms with van der Waals surface area (Å²) in [7, 11) is 1.64. The van der Waals surface area contributed by atoms with Gasteiger partial charge in [-0.25, -0.2) is 4.98 Å². The van der Waals surface area contributed by atoms with Crippen LogP contribution in [0, 0.1) is 20.8 Å². The molecule has 2 aromatic heterocycles. The first-order chi connectivity index (χ1) is 16.8. The number of furan rings is 1. The molecule has 6 heteroatoms. The highest BCUT2D eigenvalue weighted by molar-refractivity contribution is 7.22. The van der Waals surface area contributed by atoms with Gasteiger partial charge in [0.25, 0.3) is 0 Å². The van der Waals surface area contributed by atoms with Gasteiger partial charge in [-0.15, -0.1) is 0 Å². The number of ether oxygens (including phenoxy) is 1. The van der Waals surface area contributed by atoms with Gasteiger partial charge < -0.3 is 9.15 Å². The van der Waals surface area contributed by atoms with E-state index in [-0.39, 0.29) is 5.91 Å². The molecule has 5 aromatic rings. The van der Waals surface area contributed by atoms with E-state index in [0.29, 0.717) is 10.9 Å². The predicted octanol–water partition coefficient (Wildman–Crippen LogP) is 7.69. The van der Waals surface area contributed by atoms with Crippen LogP contribution in [-0.2, 0) is 4.79 Å². The number of thiazole rings is 1. The van der Waals surface area contributed by atoms with Gasteiger partial charge in [0.1, 0.15) is 11.3 Å². The number of rotatable bonds is 5. The number of anilines is 1. The minimum Gasteiger partial charge on any atom is -0.496 e. The van der Waals surface area contributed by atoms with Gasteiger partial charge >= 0.3 is 0 Å². The molecule has 0 aliphatic heterocycles. The first kappa shape index (κ1) is 22.9. The van der Waals surface area contributed by atoms with Crippen molar-refractivity contribution < 1.29 is 13.9 Å². The number of hydrogen-bond acceptors (Lipinski definition) is 5. The number of methoxy groups -OCH3 is 1. The number of hydrogen-bond donors (Lipinski definition) is 1. The second kappa shape index (κ2) is 9.04. The Morgan fingerprint density at radius 2 is 1.80 bits per heavy atom. The Balaban J connectivity index is 1.51. The molecule has 0 fully saturated rings. The molecule has 0 aliphatic carbocycles. The second-order valence-electron chi connectivity index (χ2n) is 8.78. The second-order valence-corrected chi connectivity index (χ2v) is 9.81. The Hall–Kier alpha value is -3.90. The highest BCUT2D eigenvalue weighted by Gasteiger charge is 2.19. The number of carbonyl (C=O) groups is 1.